The summed E-state index contributed by atoms with van der Waals surface area (Å²) in [4.78, 5) is 0. The van der Waals surface area contributed by atoms with Gasteiger partial charge in [-0.2, -0.15) is 12.7 Å². The molecule has 1 fully saturated rings. The van der Waals surface area contributed by atoms with Crippen molar-refractivity contribution >= 4 is 22.6 Å². The molecule has 86 valence electrons. The summed E-state index contributed by atoms with van der Waals surface area (Å²) in [5.74, 6) is 0. The Kier molecular flexibility index (Phi) is 5.92. The maximum Gasteiger partial charge on any atom is 0.279 e. The van der Waals surface area contributed by atoms with Crippen molar-refractivity contribution in [3.8, 4) is 0 Å². The summed E-state index contributed by atoms with van der Waals surface area (Å²) in [6, 6.07) is -0.00167. The average Bonchev–Trinajstić information content (AvgIpc) is 2.49. The van der Waals surface area contributed by atoms with Gasteiger partial charge in [0.25, 0.3) is 10.2 Å². The van der Waals surface area contributed by atoms with E-state index in [1.165, 1.54) is 4.31 Å². The summed E-state index contributed by atoms with van der Waals surface area (Å²) < 4.78 is 26.9. The third-order valence-electron chi connectivity index (χ3n) is 2.06. The van der Waals surface area contributed by atoms with Crippen LogP contribution in [0.4, 0.5) is 0 Å². The van der Waals surface area contributed by atoms with Crippen LogP contribution in [0.3, 0.4) is 0 Å². The van der Waals surface area contributed by atoms with Gasteiger partial charge in [0.2, 0.25) is 0 Å². The second kappa shape index (κ2) is 5.87. The van der Waals surface area contributed by atoms with Gasteiger partial charge in [-0.15, -0.1) is 12.4 Å². The van der Waals surface area contributed by atoms with E-state index in [2.05, 4.69) is 4.72 Å². The van der Waals surface area contributed by atoms with Crippen molar-refractivity contribution in [2.24, 2.45) is 5.73 Å². The Morgan fingerprint density at radius 1 is 1.57 bits per heavy atom. The van der Waals surface area contributed by atoms with Crippen molar-refractivity contribution in [1.82, 2.24) is 9.03 Å². The second-order valence-electron chi connectivity index (χ2n) is 3.31. The van der Waals surface area contributed by atoms with E-state index in [1.807, 2.05) is 6.92 Å². The van der Waals surface area contributed by atoms with Crippen LogP contribution < -0.4 is 10.5 Å². The minimum absolute atomic E-state index is 0. The zero-order valence-electron chi connectivity index (χ0n) is 8.27. The van der Waals surface area contributed by atoms with Gasteiger partial charge in [0.05, 0.1) is 0 Å². The fraction of sp³-hybridized carbons (Fsp3) is 1.00. The van der Waals surface area contributed by atoms with Crippen molar-refractivity contribution in [2.45, 2.75) is 25.8 Å². The van der Waals surface area contributed by atoms with Crippen LogP contribution in [0.25, 0.3) is 0 Å². The molecule has 3 N–H and O–H groups in total. The van der Waals surface area contributed by atoms with Gasteiger partial charge in [0.1, 0.15) is 0 Å². The lowest BCUT2D eigenvalue weighted by Gasteiger charge is -2.15. The first-order valence-corrected chi connectivity index (χ1v) is 6.00. The topological polar surface area (TPSA) is 75.4 Å². The molecule has 0 aliphatic carbocycles. The molecule has 0 aromatic heterocycles. The van der Waals surface area contributed by atoms with Crippen molar-refractivity contribution in [3.63, 3.8) is 0 Å². The molecule has 1 rings (SSSR count). The van der Waals surface area contributed by atoms with E-state index in [0.717, 1.165) is 12.8 Å². The first-order valence-electron chi connectivity index (χ1n) is 4.56. The van der Waals surface area contributed by atoms with Crippen LogP contribution >= 0.6 is 12.4 Å². The van der Waals surface area contributed by atoms with Gasteiger partial charge in [0.15, 0.2) is 0 Å². The van der Waals surface area contributed by atoms with Crippen LogP contribution in [0.5, 0.6) is 0 Å². The van der Waals surface area contributed by atoms with Gasteiger partial charge in [-0.3, -0.25) is 0 Å². The maximum absolute atomic E-state index is 11.5. The molecule has 0 saturated carbocycles. The first kappa shape index (κ1) is 14.1. The highest BCUT2D eigenvalue weighted by Gasteiger charge is 2.28. The summed E-state index contributed by atoms with van der Waals surface area (Å²) >= 11 is 0. The largest absolute Gasteiger partial charge is 0.326 e. The van der Waals surface area contributed by atoms with Gasteiger partial charge in [-0.05, 0) is 12.8 Å². The molecule has 1 aliphatic heterocycles. The second-order valence-corrected chi connectivity index (χ2v) is 5.06. The molecular formula is C7H18ClN3O2S. The van der Waals surface area contributed by atoms with Crippen LogP contribution in [0.1, 0.15) is 19.8 Å². The van der Waals surface area contributed by atoms with E-state index < -0.39 is 10.2 Å². The molecule has 5 nitrogen and oxygen atoms in total. The highest BCUT2D eigenvalue weighted by molar-refractivity contribution is 7.87. The fourth-order valence-electron chi connectivity index (χ4n) is 1.29. The summed E-state index contributed by atoms with van der Waals surface area (Å²) in [6.07, 6.45) is 1.56. The predicted octanol–water partition coefficient (Wildman–Crippen LogP) is -0.314. The SMILES string of the molecule is CCCNS(=O)(=O)N1CC[C@@H](N)C1.Cl. The molecule has 1 atom stereocenters. The molecule has 0 unspecified atom stereocenters. The van der Waals surface area contributed by atoms with Gasteiger partial charge < -0.3 is 5.73 Å². The van der Waals surface area contributed by atoms with Crippen molar-refractivity contribution in [3.05, 3.63) is 0 Å². The van der Waals surface area contributed by atoms with Gasteiger partial charge >= 0.3 is 0 Å². The lowest BCUT2D eigenvalue weighted by atomic mass is 10.3. The van der Waals surface area contributed by atoms with E-state index in [0.29, 0.717) is 19.6 Å². The van der Waals surface area contributed by atoms with E-state index in [9.17, 15) is 8.42 Å². The predicted molar refractivity (Wildman–Crippen MR) is 58.6 cm³/mol. The third kappa shape index (κ3) is 3.70. The normalized spacial score (nSPS) is 23.4. The summed E-state index contributed by atoms with van der Waals surface area (Å²) in [5, 5.41) is 0. The number of nitrogens with zero attached hydrogens (tertiary/aromatic N) is 1. The smallest absolute Gasteiger partial charge is 0.279 e. The Bertz CT molecular complexity index is 258. The maximum atomic E-state index is 11.5. The molecule has 0 radical (unpaired) electrons. The summed E-state index contributed by atoms with van der Waals surface area (Å²) in [7, 11) is -3.25. The summed E-state index contributed by atoms with van der Waals surface area (Å²) in [5.41, 5.74) is 5.62. The summed E-state index contributed by atoms with van der Waals surface area (Å²) in [6.45, 7) is 3.41. The molecule has 1 heterocycles. The standard InChI is InChI=1S/C7H17N3O2S.ClH/c1-2-4-9-13(11,12)10-5-3-7(8)6-10;/h7,9H,2-6,8H2,1H3;1H/t7-;/m1./s1. The Hall–Kier alpha value is 0.120. The van der Waals surface area contributed by atoms with Crippen molar-refractivity contribution in [2.75, 3.05) is 19.6 Å². The van der Waals surface area contributed by atoms with E-state index in [-0.39, 0.29) is 18.4 Å². The van der Waals surface area contributed by atoms with E-state index in [1.54, 1.807) is 0 Å². The van der Waals surface area contributed by atoms with Crippen molar-refractivity contribution in [1.29, 1.82) is 0 Å². The molecule has 0 amide bonds. The molecule has 14 heavy (non-hydrogen) atoms. The molecule has 0 bridgehead atoms. The van der Waals surface area contributed by atoms with Gasteiger partial charge in [-0.1, -0.05) is 6.92 Å². The lowest BCUT2D eigenvalue weighted by Crippen LogP contribution is -2.40. The zero-order valence-corrected chi connectivity index (χ0v) is 9.90. The molecule has 1 aliphatic rings. The minimum Gasteiger partial charge on any atom is -0.326 e. The van der Waals surface area contributed by atoms with Crippen molar-refractivity contribution < 1.29 is 8.42 Å². The first-order chi connectivity index (χ1) is 6.06. The quantitative estimate of drug-likeness (QED) is 0.711. The Morgan fingerprint density at radius 2 is 2.21 bits per heavy atom. The highest BCUT2D eigenvalue weighted by Crippen LogP contribution is 2.10. The lowest BCUT2D eigenvalue weighted by molar-refractivity contribution is 0.460. The van der Waals surface area contributed by atoms with Gasteiger partial charge in [-0.25, -0.2) is 4.72 Å². The van der Waals surface area contributed by atoms with Crippen LogP contribution in [-0.4, -0.2) is 38.4 Å². The van der Waals surface area contributed by atoms with Gasteiger partial charge in [0, 0.05) is 25.7 Å². The number of hydrogen-bond donors (Lipinski definition) is 2. The molecule has 0 aromatic rings. The van der Waals surface area contributed by atoms with Crippen LogP contribution in [-0.2, 0) is 10.2 Å². The monoisotopic (exact) mass is 243 g/mol. The highest BCUT2D eigenvalue weighted by atomic mass is 35.5. The fourth-order valence-corrected chi connectivity index (χ4v) is 2.67. The number of halogens is 1. The number of rotatable bonds is 4. The third-order valence-corrected chi connectivity index (χ3v) is 3.64. The molecule has 7 heteroatoms. The average molecular weight is 244 g/mol. The van der Waals surface area contributed by atoms with Crippen LogP contribution in [0.2, 0.25) is 0 Å². The minimum atomic E-state index is -3.25. The molecule has 0 aromatic carbocycles. The zero-order chi connectivity index (χ0) is 9.90. The Labute approximate surface area is 91.6 Å². The number of hydrogen-bond acceptors (Lipinski definition) is 3. The van der Waals surface area contributed by atoms with Crippen LogP contribution in [0, 0.1) is 0 Å². The number of nitrogens with two attached hydrogens (primary N) is 1. The number of nitrogens with one attached hydrogen (secondary N) is 1. The Balaban J connectivity index is 0.00000169. The molecular weight excluding hydrogens is 226 g/mol. The molecule has 0 spiro atoms. The Morgan fingerprint density at radius 3 is 2.64 bits per heavy atom. The van der Waals surface area contributed by atoms with E-state index >= 15 is 0 Å². The van der Waals surface area contributed by atoms with E-state index in [4.69, 9.17) is 5.73 Å². The molecule has 1 saturated heterocycles. The van der Waals surface area contributed by atoms with Crippen LogP contribution in [0.15, 0.2) is 0 Å².